The predicted octanol–water partition coefficient (Wildman–Crippen LogP) is 10.8. The van der Waals surface area contributed by atoms with E-state index in [4.69, 9.17) is 24.9 Å². The smallest absolute Gasteiger partial charge is 0.416 e. The zero-order valence-corrected chi connectivity index (χ0v) is 34.1. The van der Waals surface area contributed by atoms with Crippen LogP contribution >= 0.6 is 0 Å². The number of benzene rings is 6. The van der Waals surface area contributed by atoms with Gasteiger partial charge in [0.1, 0.15) is 29.1 Å². The minimum absolute atomic E-state index is 0.167. The number of aryl methyl sites for hydroxylation is 2. The number of aromatic amines is 1. The van der Waals surface area contributed by atoms with E-state index in [0.29, 0.717) is 67.7 Å². The zero-order valence-electron chi connectivity index (χ0n) is 34.1. The number of ether oxygens (including phenoxy) is 3. The van der Waals surface area contributed by atoms with Crippen LogP contribution in [0.3, 0.4) is 0 Å². The van der Waals surface area contributed by atoms with Crippen LogP contribution in [0.25, 0.3) is 11.0 Å². The molecule has 1 aromatic heterocycles. The molecule has 11 nitrogen and oxygen atoms in total. The fourth-order valence-electron chi connectivity index (χ4n) is 7.17. The molecule has 2 amide bonds. The molecule has 14 heteroatoms. The number of nitrogens with one attached hydrogen (secondary N) is 2. The van der Waals surface area contributed by atoms with E-state index in [9.17, 15) is 27.6 Å². The van der Waals surface area contributed by atoms with Crippen molar-refractivity contribution < 1.29 is 41.8 Å². The quantitative estimate of drug-likeness (QED) is 0.0724. The van der Waals surface area contributed by atoms with Gasteiger partial charge >= 0.3 is 18.2 Å². The zero-order chi connectivity index (χ0) is 44.1. The van der Waals surface area contributed by atoms with Gasteiger partial charge in [0, 0.05) is 29.3 Å². The van der Waals surface area contributed by atoms with Crippen LogP contribution in [-0.4, -0.2) is 40.9 Å². The third-order valence-corrected chi connectivity index (χ3v) is 10.2. The molecule has 6 aromatic carbocycles. The van der Waals surface area contributed by atoms with E-state index >= 15 is 0 Å². The molecule has 4 N–H and O–H groups in total. The van der Waals surface area contributed by atoms with Gasteiger partial charge in [-0.1, -0.05) is 54.6 Å². The summed E-state index contributed by atoms with van der Waals surface area (Å²) in [7, 11) is 1.32. The van der Waals surface area contributed by atoms with Crippen molar-refractivity contribution in [3.05, 3.63) is 173 Å². The maximum Gasteiger partial charge on any atom is 0.416 e. The highest BCUT2D eigenvalue weighted by atomic mass is 19.4. The molecule has 0 saturated carbocycles. The number of esters is 1. The lowest BCUT2D eigenvalue weighted by molar-refractivity contribution is -0.141. The number of hydrogen-bond donors (Lipinski definition) is 3. The Morgan fingerprint density at radius 2 is 1.45 bits per heavy atom. The van der Waals surface area contributed by atoms with Crippen LogP contribution in [-0.2, 0) is 22.1 Å². The fraction of sp³-hybridized carbons (Fsp3) is 0.167. The molecule has 0 aliphatic rings. The molecule has 1 heterocycles. The second-order valence-corrected chi connectivity index (χ2v) is 14.6. The number of carbonyl (C=O) groups is 3. The van der Waals surface area contributed by atoms with Gasteiger partial charge in [0.15, 0.2) is 11.9 Å². The molecule has 2 atom stereocenters. The summed E-state index contributed by atoms with van der Waals surface area (Å²) in [5, 5.41) is 3.23. The maximum atomic E-state index is 13.3. The van der Waals surface area contributed by atoms with Crippen LogP contribution in [0, 0.1) is 13.8 Å². The number of para-hydroxylation sites is 1. The number of amides is 2. The van der Waals surface area contributed by atoms with E-state index in [0.717, 1.165) is 17.7 Å². The second-order valence-electron chi connectivity index (χ2n) is 14.6. The molecule has 7 aromatic rings. The molecule has 316 valence electrons. The second kappa shape index (κ2) is 17.9. The number of primary amides is 1. The summed E-state index contributed by atoms with van der Waals surface area (Å²) < 4.78 is 57.1. The number of anilines is 3. The molecule has 0 aliphatic carbocycles. The SMILES string of the molecule is COC(=O)[C@H](Cc1ccc(OC(C)c2nc3ccc(Oc4cc(C)c(N(C(N)=O)c5ccc(C(F)(F)F)cc5)c(C)c4)cc3[nH]2)cc1)Nc1ccccc1C(=O)c1ccccc1. The minimum atomic E-state index is -4.52. The molecule has 0 bridgehead atoms. The molecule has 62 heavy (non-hydrogen) atoms. The number of methoxy groups -OCH3 is 1. The van der Waals surface area contributed by atoms with E-state index in [1.54, 1.807) is 92.7 Å². The molecule has 0 radical (unpaired) electrons. The lowest BCUT2D eigenvalue weighted by Gasteiger charge is -2.25. The third kappa shape index (κ3) is 9.55. The lowest BCUT2D eigenvalue weighted by atomic mass is 10.00. The van der Waals surface area contributed by atoms with E-state index in [2.05, 4.69) is 10.3 Å². The molecule has 0 saturated heterocycles. The van der Waals surface area contributed by atoms with Crippen molar-refractivity contribution in [2.24, 2.45) is 5.73 Å². The number of nitrogens with zero attached hydrogens (tertiary/aromatic N) is 2. The van der Waals surface area contributed by atoms with Crippen molar-refractivity contribution in [3.8, 4) is 17.2 Å². The average molecular weight is 842 g/mol. The van der Waals surface area contributed by atoms with Gasteiger partial charge in [-0.05, 0) is 110 Å². The van der Waals surface area contributed by atoms with Gasteiger partial charge in [-0.15, -0.1) is 0 Å². The molecule has 0 aliphatic heterocycles. The third-order valence-electron chi connectivity index (χ3n) is 10.2. The first-order chi connectivity index (χ1) is 29.7. The van der Waals surface area contributed by atoms with Gasteiger partial charge < -0.3 is 30.2 Å². The molecule has 7 rings (SSSR count). The standard InChI is InChI=1S/C48H42F3N5O6/c1-28-24-37(25-29(2)43(28)56(47(52)59)34-18-16-33(17-19-34)48(49,50)51)62-36-22-23-40-41(27-36)55-45(54-40)30(3)61-35-20-14-31(15-21-35)26-42(46(58)60-4)53-39-13-9-8-12-38(39)44(57)32-10-6-5-7-11-32/h5-25,27,30,42,53H,26H2,1-4H3,(H2,52,59)(H,54,55)/t30?,42-/m0/s1. The first kappa shape index (κ1) is 42.5. The van der Waals surface area contributed by atoms with Gasteiger partial charge in [0.25, 0.3) is 0 Å². The van der Waals surface area contributed by atoms with E-state index < -0.39 is 35.9 Å². The van der Waals surface area contributed by atoms with Crippen molar-refractivity contribution in [2.45, 2.75) is 45.5 Å². The Morgan fingerprint density at radius 1 is 0.806 bits per heavy atom. The van der Waals surface area contributed by atoms with Gasteiger partial charge in [-0.25, -0.2) is 14.6 Å². The highest BCUT2D eigenvalue weighted by Crippen LogP contribution is 2.38. The summed E-state index contributed by atoms with van der Waals surface area (Å²) in [6.07, 6.45) is -4.72. The number of alkyl halides is 3. The number of imidazole rings is 1. The molecule has 1 unspecified atom stereocenters. The Balaban J connectivity index is 1.01. The Morgan fingerprint density at radius 3 is 2.10 bits per heavy atom. The van der Waals surface area contributed by atoms with Crippen molar-refractivity contribution in [2.75, 3.05) is 17.3 Å². The van der Waals surface area contributed by atoms with Crippen LogP contribution in [0.5, 0.6) is 17.2 Å². The Labute approximate surface area is 355 Å². The summed E-state index contributed by atoms with van der Waals surface area (Å²) in [4.78, 5) is 48.0. The summed E-state index contributed by atoms with van der Waals surface area (Å²) in [6, 6.07) is 34.7. The molecule has 0 fully saturated rings. The summed E-state index contributed by atoms with van der Waals surface area (Å²) in [5.41, 5.74) is 10.4. The Bertz CT molecular complexity index is 2710. The first-order valence-corrected chi connectivity index (χ1v) is 19.5. The number of urea groups is 1. The lowest BCUT2D eigenvalue weighted by Crippen LogP contribution is -2.33. The summed E-state index contributed by atoms with van der Waals surface area (Å²) in [6.45, 7) is 5.37. The maximum absolute atomic E-state index is 13.3. The van der Waals surface area contributed by atoms with Crippen LogP contribution in [0.15, 0.2) is 133 Å². The average Bonchev–Trinajstić information content (AvgIpc) is 3.69. The highest BCUT2D eigenvalue weighted by Gasteiger charge is 2.31. The van der Waals surface area contributed by atoms with Crippen molar-refractivity contribution in [1.29, 1.82) is 0 Å². The number of aromatic nitrogens is 2. The van der Waals surface area contributed by atoms with Crippen LogP contribution in [0.1, 0.15) is 57.0 Å². The topological polar surface area (TPSA) is 149 Å². The van der Waals surface area contributed by atoms with Crippen molar-refractivity contribution in [1.82, 2.24) is 9.97 Å². The van der Waals surface area contributed by atoms with E-state index in [1.165, 1.54) is 24.1 Å². The number of rotatable bonds is 14. The molecular weight excluding hydrogens is 800 g/mol. The number of halogens is 3. The van der Waals surface area contributed by atoms with Crippen molar-refractivity contribution >= 4 is 45.9 Å². The highest BCUT2D eigenvalue weighted by molar-refractivity contribution is 6.12. The minimum Gasteiger partial charge on any atom is -0.483 e. The number of hydrogen-bond acceptors (Lipinski definition) is 8. The number of H-pyrrole nitrogens is 1. The monoisotopic (exact) mass is 841 g/mol. The van der Waals surface area contributed by atoms with E-state index in [1.807, 2.05) is 37.3 Å². The van der Waals surface area contributed by atoms with Gasteiger partial charge in [0.05, 0.1) is 35.1 Å². The van der Waals surface area contributed by atoms with Crippen LogP contribution in [0.4, 0.5) is 35.0 Å². The van der Waals surface area contributed by atoms with E-state index in [-0.39, 0.29) is 17.9 Å². The normalized spacial score (nSPS) is 12.3. The van der Waals surface area contributed by atoms with Crippen LogP contribution in [0.2, 0.25) is 0 Å². The fourth-order valence-corrected chi connectivity index (χ4v) is 7.17. The largest absolute Gasteiger partial charge is 0.483 e. The predicted molar refractivity (Wildman–Crippen MR) is 230 cm³/mol. The number of fused-ring (bicyclic) bond motifs is 1. The number of ketones is 1. The molecular formula is C48H42F3N5O6. The Hall–Kier alpha value is -7.61. The number of nitrogens with two attached hydrogens (primary N) is 1. The number of carbonyl (C=O) groups excluding carboxylic acids is 3. The Kier molecular flexibility index (Phi) is 12.3. The van der Waals surface area contributed by atoms with Gasteiger partial charge in [-0.2, -0.15) is 13.2 Å². The first-order valence-electron chi connectivity index (χ1n) is 19.5. The molecule has 0 spiro atoms. The summed E-state index contributed by atoms with van der Waals surface area (Å²) >= 11 is 0. The van der Waals surface area contributed by atoms with Gasteiger partial charge in [0.2, 0.25) is 0 Å². The van der Waals surface area contributed by atoms with Crippen molar-refractivity contribution in [3.63, 3.8) is 0 Å². The van der Waals surface area contributed by atoms with Crippen LogP contribution < -0.4 is 25.4 Å². The summed E-state index contributed by atoms with van der Waals surface area (Å²) in [5.74, 6) is 1.48. The van der Waals surface area contributed by atoms with Gasteiger partial charge in [-0.3, -0.25) is 9.69 Å².